The van der Waals surface area contributed by atoms with Gasteiger partial charge in [-0.05, 0) is 36.4 Å². The number of aldehydes is 1. The predicted molar refractivity (Wildman–Crippen MR) is 67.7 cm³/mol. The second-order valence-electron chi connectivity index (χ2n) is 4.02. The first-order chi connectivity index (χ1) is 9.40. The zero-order chi connectivity index (χ0) is 14.8. The van der Waals surface area contributed by atoms with Crippen molar-refractivity contribution in [3.8, 4) is 0 Å². The van der Waals surface area contributed by atoms with Gasteiger partial charge in [0.2, 0.25) is 0 Å². The largest absolute Gasteiger partial charge is 0.417 e. The van der Waals surface area contributed by atoms with Crippen molar-refractivity contribution >= 4 is 18.0 Å². The van der Waals surface area contributed by atoms with Crippen LogP contribution >= 0.6 is 11.8 Å². The monoisotopic (exact) mass is 298 g/mol. The van der Waals surface area contributed by atoms with E-state index < -0.39 is 11.7 Å². The number of alkyl halides is 3. The molecule has 0 fully saturated rings. The number of aromatic nitrogens is 2. The van der Waals surface area contributed by atoms with E-state index in [0.717, 1.165) is 23.4 Å². The molecule has 0 atom stereocenters. The summed E-state index contributed by atoms with van der Waals surface area (Å²) in [7, 11) is 0. The molecule has 0 amide bonds. The van der Waals surface area contributed by atoms with Crippen LogP contribution in [0, 0.1) is 6.92 Å². The van der Waals surface area contributed by atoms with Crippen molar-refractivity contribution in [1.29, 1.82) is 0 Å². The lowest BCUT2D eigenvalue weighted by atomic mass is 10.1. The molecule has 0 unspecified atom stereocenters. The van der Waals surface area contributed by atoms with Crippen LogP contribution in [0.5, 0.6) is 0 Å². The van der Waals surface area contributed by atoms with Crippen LogP contribution in [0.25, 0.3) is 0 Å². The fraction of sp³-hybridized carbons (Fsp3) is 0.154. The summed E-state index contributed by atoms with van der Waals surface area (Å²) in [6.07, 6.45) is -1.09. The van der Waals surface area contributed by atoms with E-state index in [9.17, 15) is 18.0 Å². The molecular weight excluding hydrogens is 289 g/mol. The molecule has 20 heavy (non-hydrogen) atoms. The number of benzene rings is 1. The fourth-order valence-corrected chi connectivity index (χ4v) is 2.29. The molecule has 1 aromatic carbocycles. The van der Waals surface area contributed by atoms with Gasteiger partial charge in [-0.1, -0.05) is 6.07 Å². The molecule has 0 aliphatic heterocycles. The van der Waals surface area contributed by atoms with E-state index in [1.165, 1.54) is 24.5 Å². The number of hydrogen-bond acceptors (Lipinski definition) is 4. The van der Waals surface area contributed by atoms with E-state index in [4.69, 9.17) is 0 Å². The molecule has 104 valence electrons. The van der Waals surface area contributed by atoms with Gasteiger partial charge >= 0.3 is 6.18 Å². The first kappa shape index (κ1) is 14.5. The van der Waals surface area contributed by atoms with E-state index in [-0.39, 0.29) is 15.6 Å². The van der Waals surface area contributed by atoms with Crippen molar-refractivity contribution in [1.82, 2.24) is 9.97 Å². The minimum absolute atomic E-state index is 0.0218. The zero-order valence-electron chi connectivity index (χ0n) is 10.3. The quantitative estimate of drug-likeness (QED) is 0.639. The second kappa shape index (κ2) is 5.62. The van der Waals surface area contributed by atoms with Crippen LogP contribution in [0.1, 0.15) is 21.5 Å². The van der Waals surface area contributed by atoms with E-state index in [1.54, 1.807) is 6.92 Å². The summed E-state index contributed by atoms with van der Waals surface area (Å²) in [5.74, 6) is 0. The summed E-state index contributed by atoms with van der Waals surface area (Å²) in [6, 6.07) is 3.41. The summed E-state index contributed by atoms with van der Waals surface area (Å²) in [5.41, 5.74) is -0.0653. The van der Waals surface area contributed by atoms with Gasteiger partial charge in [0.25, 0.3) is 0 Å². The molecule has 2 rings (SSSR count). The molecule has 0 spiro atoms. The van der Waals surface area contributed by atoms with Gasteiger partial charge in [-0.2, -0.15) is 13.2 Å². The Hall–Kier alpha value is -1.89. The molecule has 0 aliphatic rings. The van der Waals surface area contributed by atoms with Crippen LogP contribution in [-0.4, -0.2) is 16.3 Å². The topological polar surface area (TPSA) is 42.9 Å². The average molecular weight is 298 g/mol. The molecule has 0 bridgehead atoms. The van der Waals surface area contributed by atoms with Gasteiger partial charge in [-0.15, -0.1) is 0 Å². The summed E-state index contributed by atoms with van der Waals surface area (Å²) in [5, 5.41) is 0.222. The molecule has 0 saturated carbocycles. The maximum atomic E-state index is 13.0. The highest BCUT2D eigenvalue weighted by molar-refractivity contribution is 7.99. The first-order valence-electron chi connectivity index (χ1n) is 5.53. The van der Waals surface area contributed by atoms with Crippen molar-refractivity contribution in [2.45, 2.75) is 23.2 Å². The van der Waals surface area contributed by atoms with Crippen LogP contribution < -0.4 is 0 Å². The molecule has 3 nitrogen and oxygen atoms in total. The number of aryl methyl sites for hydroxylation is 1. The van der Waals surface area contributed by atoms with Gasteiger partial charge in [0.15, 0.2) is 5.16 Å². The molecule has 1 aromatic heterocycles. The molecule has 7 heteroatoms. The highest BCUT2D eigenvalue weighted by Gasteiger charge is 2.34. The average Bonchev–Trinajstić information content (AvgIpc) is 2.40. The Morgan fingerprint density at radius 3 is 2.40 bits per heavy atom. The Balaban J connectivity index is 2.40. The lowest BCUT2D eigenvalue weighted by Gasteiger charge is -2.12. The number of nitrogens with zero attached hydrogens (tertiary/aromatic N) is 2. The van der Waals surface area contributed by atoms with Gasteiger partial charge < -0.3 is 0 Å². The molecule has 0 aliphatic carbocycles. The van der Waals surface area contributed by atoms with Crippen molar-refractivity contribution in [2.75, 3.05) is 0 Å². The molecule has 2 aromatic rings. The highest BCUT2D eigenvalue weighted by Crippen LogP contribution is 2.38. The minimum Gasteiger partial charge on any atom is -0.298 e. The molecule has 0 N–H and O–H groups in total. The Morgan fingerprint density at radius 1 is 1.20 bits per heavy atom. The summed E-state index contributed by atoms with van der Waals surface area (Å²) < 4.78 is 38.9. The number of rotatable bonds is 3. The summed E-state index contributed by atoms with van der Waals surface area (Å²) in [4.78, 5) is 18.5. The minimum atomic E-state index is -4.54. The maximum absolute atomic E-state index is 13.0. The number of halogens is 3. The van der Waals surface area contributed by atoms with Crippen molar-refractivity contribution in [3.05, 3.63) is 47.3 Å². The SMILES string of the molecule is Cc1cnc(Sc2ccc(C=O)cc2C(F)(F)F)nc1. The van der Waals surface area contributed by atoms with Crippen LogP contribution in [0.4, 0.5) is 13.2 Å². The third kappa shape index (κ3) is 3.36. The Labute approximate surface area is 117 Å². The smallest absolute Gasteiger partial charge is 0.298 e. The molecule has 0 saturated heterocycles. The van der Waals surface area contributed by atoms with Crippen molar-refractivity contribution in [2.24, 2.45) is 0 Å². The number of carbonyl (C=O) groups excluding carboxylic acids is 1. The Kier molecular flexibility index (Phi) is 4.08. The second-order valence-corrected chi connectivity index (χ2v) is 5.03. The van der Waals surface area contributed by atoms with E-state index in [0.29, 0.717) is 6.29 Å². The summed E-state index contributed by atoms with van der Waals surface area (Å²) >= 11 is 0.811. The third-order valence-corrected chi connectivity index (χ3v) is 3.37. The maximum Gasteiger partial charge on any atom is 0.417 e. The van der Waals surface area contributed by atoms with Crippen LogP contribution in [0.2, 0.25) is 0 Å². The lowest BCUT2D eigenvalue weighted by Crippen LogP contribution is -2.07. The first-order valence-corrected chi connectivity index (χ1v) is 6.35. The van der Waals surface area contributed by atoms with Gasteiger partial charge in [-0.3, -0.25) is 4.79 Å². The van der Waals surface area contributed by atoms with Crippen molar-refractivity contribution in [3.63, 3.8) is 0 Å². The van der Waals surface area contributed by atoms with Crippen LogP contribution in [-0.2, 0) is 6.18 Å². The number of hydrogen-bond donors (Lipinski definition) is 0. The summed E-state index contributed by atoms with van der Waals surface area (Å²) in [6.45, 7) is 1.79. The Bertz CT molecular complexity index is 627. The third-order valence-electron chi connectivity index (χ3n) is 2.40. The van der Waals surface area contributed by atoms with E-state index in [2.05, 4.69) is 9.97 Å². The van der Waals surface area contributed by atoms with E-state index in [1.807, 2.05) is 0 Å². The fourth-order valence-electron chi connectivity index (χ4n) is 1.46. The molecule has 1 heterocycles. The van der Waals surface area contributed by atoms with E-state index >= 15 is 0 Å². The molecular formula is C13H9F3N2OS. The van der Waals surface area contributed by atoms with Gasteiger partial charge in [-0.25, -0.2) is 9.97 Å². The van der Waals surface area contributed by atoms with Crippen LogP contribution in [0.3, 0.4) is 0 Å². The zero-order valence-corrected chi connectivity index (χ0v) is 11.1. The standard InChI is InChI=1S/C13H9F3N2OS/c1-8-5-17-12(18-6-8)20-11-3-2-9(7-19)4-10(11)13(14,15)16/h2-7H,1H3. The normalized spacial score (nSPS) is 11.4. The van der Waals surface area contributed by atoms with Gasteiger partial charge in [0.1, 0.15) is 6.29 Å². The lowest BCUT2D eigenvalue weighted by molar-refractivity contribution is -0.139. The van der Waals surface area contributed by atoms with Crippen LogP contribution in [0.15, 0.2) is 40.6 Å². The van der Waals surface area contributed by atoms with Gasteiger partial charge in [0.05, 0.1) is 5.56 Å². The molecule has 0 radical (unpaired) electrons. The van der Waals surface area contributed by atoms with Gasteiger partial charge in [0, 0.05) is 22.9 Å². The highest BCUT2D eigenvalue weighted by atomic mass is 32.2. The predicted octanol–water partition coefficient (Wildman–Crippen LogP) is 3.77. The Morgan fingerprint density at radius 2 is 1.85 bits per heavy atom. The number of carbonyl (C=O) groups is 1. The van der Waals surface area contributed by atoms with Crippen molar-refractivity contribution < 1.29 is 18.0 Å².